The second-order valence-electron chi connectivity index (χ2n) is 1.08. The lowest BCUT2D eigenvalue weighted by Gasteiger charge is -1.99. The molecular weight excluding hydrogens is 154 g/mol. The predicted molar refractivity (Wildman–Crippen MR) is 26.9 cm³/mol. The summed E-state index contributed by atoms with van der Waals surface area (Å²) >= 11 is -2.60. The molecule has 0 aromatic rings. The zero-order chi connectivity index (χ0) is 6.78. The van der Waals surface area contributed by atoms with E-state index in [1.54, 1.807) is 0 Å². The molecule has 1 atom stereocenters. The maximum atomic E-state index is 9.83. The standard InChI is InChI=1S/CH5NO4S2/c2-8(5,6)1-7(3)4/h1H2,(H,3,4)(H2,2,5,6)/p-1. The SMILES string of the molecule is NS(=O)(=O)CS(=O)[O-]. The van der Waals surface area contributed by atoms with Gasteiger partial charge in [-0.25, -0.2) is 13.6 Å². The van der Waals surface area contributed by atoms with E-state index in [1.807, 2.05) is 0 Å². The van der Waals surface area contributed by atoms with Gasteiger partial charge in [-0.3, -0.25) is 4.21 Å². The molecule has 0 spiro atoms. The molecule has 0 fully saturated rings. The topological polar surface area (TPSA) is 100 Å². The van der Waals surface area contributed by atoms with Crippen molar-refractivity contribution in [3.05, 3.63) is 0 Å². The van der Waals surface area contributed by atoms with Crippen LogP contribution in [0.3, 0.4) is 0 Å². The van der Waals surface area contributed by atoms with Crippen molar-refractivity contribution in [1.82, 2.24) is 0 Å². The summed E-state index contributed by atoms with van der Waals surface area (Å²) in [6.45, 7) is 0. The molecule has 0 amide bonds. The Morgan fingerprint density at radius 3 is 2.00 bits per heavy atom. The van der Waals surface area contributed by atoms with Gasteiger partial charge in [-0.2, -0.15) is 0 Å². The lowest BCUT2D eigenvalue weighted by atomic mass is 11.9. The Balaban J connectivity index is 3.95. The lowest BCUT2D eigenvalue weighted by molar-refractivity contribution is 0.539. The zero-order valence-electron chi connectivity index (χ0n) is 3.73. The number of rotatable bonds is 2. The monoisotopic (exact) mass is 158 g/mol. The molecule has 0 saturated heterocycles. The van der Waals surface area contributed by atoms with E-state index in [0.717, 1.165) is 0 Å². The second kappa shape index (κ2) is 2.53. The number of primary sulfonamides is 1. The van der Waals surface area contributed by atoms with Gasteiger partial charge in [0.25, 0.3) is 0 Å². The minimum atomic E-state index is -3.84. The first-order valence-corrected chi connectivity index (χ1v) is 4.44. The Hall–Kier alpha value is 0.0200. The molecule has 0 aromatic heterocycles. The van der Waals surface area contributed by atoms with Gasteiger partial charge in [0.1, 0.15) is 5.08 Å². The van der Waals surface area contributed by atoms with Crippen molar-refractivity contribution in [2.24, 2.45) is 5.14 Å². The van der Waals surface area contributed by atoms with E-state index in [-0.39, 0.29) is 0 Å². The van der Waals surface area contributed by atoms with Gasteiger partial charge in [-0.15, -0.1) is 0 Å². The quantitative estimate of drug-likeness (QED) is 0.475. The summed E-state index contributed by atoms with van der Waals surface area (Å²) in [5, 5.41) is 3.31. The van der Waals surface area contributed by atoms with Crippen LogP contribution in [-0.2, 0) is 21.1 Å². The molecule has 0 aliphatic rings. The summed E-state index contributed by atoms with van der Waals surface area (Å²) < 4.78 is 38.8. The highest BCUT2D eigenvalue weighted by Gasteiger charge is 1.99. The average molecular weight is 158 g/mol. The summed E-state index contributed by atoms with van der Waals surface area (Å²) in [6.07, 6.45) is 0. The summed E-state index contributed by atoms with van der Waals surface area (Å²) in [7, 11) is -3.84. The highest BCUT2D eigenvalue weighted by Crippen LogP contribution is 1.78. The Morgan fingerprint density at radius 2 is 2.00 bits per heavy atom. The van der Waals surface area contributed by atoms with Gasteiger partial charge >= 0.3 is 0 Å². The number of nitrogens with two attached hydrogens (primary N) is 1. The first-order chi connectivity index (χ1) is 3.42. The van der Waals surface area contributed by atoms with E-state index in [1.165, 1.54) is 0 Å². The van der Waals surface area contributed by atoms with Crippen molar-refractivity contribution in [3.63, 3.8) is 0 Å². The summed E-state index contributed by atoms with van der Waals surface area (Å²) in [6, 6.07) is 0. The van der Waals surface area contributed by atoms with E-state index in [4.69, 9.17) is 0 Å². The number of hydrogen-bond donors (Lipinski definition) is 1. The summed E-state index contributed by atoms with van der Waals surface area (Å²) in [4.78, 5) is 0. The average Bonchev–Trinajstić information content (AvgIpc) is 1.21. The van der Waals surface area contributed by atoms with Gasteiger partial charge in [0.05, 0.1) is 0 Å². The summed E-state index contributed by atoms with van der Waals surface area (Å²) in [5.74, 6) is 0. The van der Waals surface area contributed by atoms with Crippen molar-refractivity contribution in [2.45, 2.75) is 0 Å². The van der Waals surface area contributed by atoms with E-state index in [2.05, 4.69) is 5.14 Å². The normalized spacial score (nSPS) is 15.8. The van der Waals surface area contributed by atoms with E-state index in [0.29, 0.717) is 0 Å². The highest BCUT2D eigenvalue weighted by molar-refractivity contribution is 8.01. The van der Waals surface area contributed by atoms with Crippen LogP contribution in [0.15, 0.2) is 0 Å². The molecule has 0 bridgehead atoms. The fraction of sp³-hybridized carbons (Fsp3) is 1.00. The first-order valence-electron chi connectivity index (χ1n) is 1.48. The van der Waals surface area contributed by atoms with Gasteiger partial charge in [0.2, 0.25) is 10.0 Å². The van der Waals surface area contributed by atoms with Gasteiger partial charge in [0.15, 0.2) is 0 Å². The molecule has 0 rings (SSSR count). The van der Waals surface area contributed by atoms with Crippen LogP contribution >= 0.6 is 0 Å². The fourth-order valence-corrected chi connectivity index (χ4v) is 1.21. The van der Waals surface area contributed by atoms with Gasteiger partial charge in [-0.05, 0) is 11.1 Å². The van der Waals surface area contributed by atoms with Gasteiger partial charge in [-0.1, -0.05) is 0 Å². The lowest BCUT2D eigenvalue weighted by Crippen LogP contribution is -2.19. The van der Waals surface area contributed by atoms with E-state index in [9.17, 15) is 17.2 Å². The predicted octanol–water partition coefficient (Wildman–Crippen LogP) is -1.89. The highest BCUT2D eigenvalue weighted by atomic mass is 32.3. The van der Waals surface area contributed by atoms with Crippen molar-refractivity contribution in [3.8, 4) is 0 Å². The van der Waals surface area contributed by atoms with Crippen molar-refractivity contribution >= 4 is 21.1 Å². The number of hydrogen-bond acceptors (Lipinski definition) is 4. The molecule has 0 saturated carbocycles. The third kappa shape index (κ3) is 6.02. The van der Waals surface area contributed by atoms with Crippen molar-refractivity contribution in [1.29, 1.82) is 0 Å². The van der Waals surface area contributed by atoms with Gasteiger partial charge < -0.3 is 4.55 Å². The molecule has 50 valence electrons. The van der Waals surface area contributed by atoms with Crippen LogP contribution in [0.1, 0.15) is 0 Å². The fourth-order valence-electron chi connectivity index (χ4n) is 0.134. The number of sulfonamides is 1. The van der Waals surface area contributed by atoms with Crippen LogP contribution < -0.4 is 5.14 Å². The molecule has 0 aromatic carbocycles. The molecule has 1 unspecified atom stereocenters. The Labute approximate surface area is 49.2 Å². The minimum absolute atomic E-state index is 1.01. The largest absolute Gasteiger partial charge is 0.772 e. The first kappa shape index (κ1) is 8.02. The Morgan fingerprint density at radius 1 is 1.62 bits per heavy atom. The van der Waals surface area contributed by atoms with Crippen molar-refractivity contribution < 1.29 is 17.2 Å². The minimum Gasteiger partial charge on any atom is -0.772 e. The zero-order valence-corrected chi connectivity index (χ0v) is 5.37. The van der Waals surface area contributed by atoms with Crippen LogP contribution in [0.4, 0.5) is 0 Å². The third-order valence-corrected chi connectivity index (χ3v) is 2.34. The molecule has 0 aliphatic carbocycles. The smallest absolute Gasteiger partial charge is 0.219 e. The molecule has 5 nitrogen and oxygen atoms in total. The van der Waals surface area contributed by atoms with Gasteiger partial charge in [0, 0.05) is 0 Å². The molecule has 0 aliphatic heterocycles. The maximum Gasteiger partial charge on any atom is 0.219 e. The molecule has 7 heteroatoms. The Bertz CT molecular complexity index is 180. The molecule has 0 radical (unpaired) electrons. The van der Waals surface area contributed by atoms with Crippen LogP contribution in [0.25, 0.3) is 0 Å². The summed E-state index contributed by atoms with van der Waals surface area (Å²) in [5.41, 5.74) is 0. The molecule has 2 N–H and O–H groups in total. The third-order valence-electron chi connectivity index (χ3n) is 0.260. The maximum absolute atomic E-state index is 9.83. The molecule has 0 heterocycles. The van der Waals surface area contributed by atoms with E-state index < -0.39 is 26.2 Å². The second-order valence-corrected chi connectivity index (χ2v) is 3.96. The Kier molecular flexibility index (Phi) is 2.54. The molecule has 8 heavy (non-hydrogen) atoms. The van der Waals surface area contributed by atoms with Crippen LogP contribution in [-0.4, -0.2) is 22.3 Å². The molecular formula is CH4NO4S2-. The van der Waals surface area contributed by atoms with Crippen LogP contribution in [0.2, 0.25) is 0 Å². The van der Waals surface area contributed by atoms with Crippen LogP contribution in [0, 0.1) is 0 Å². The van der Waals surface area contributed by atoms with Crippen LogP contribution in [0.5, 0.6) is 0 Å². The van der Waals surface area contributed by atoms with Crippen molar-refractivity contribution in [2.75, 3.05) is 5.08 Å². The van der Waals surface area contributed by atoms with E-state index >= 15 is 0 Å².